The van der Waals surface area contributed by atoms with Crippen molar-refractivity contribution in [2.75, 3.05) is 44.5 Å². The van der Waals surface area contributed by atoms with E-state index in [2.05, 4.69) is 5.32 Å². The third-order valence-corrected chi connectivity index (χ3v) is 2.27. The topological polar surface area (TPSA) is 93.8 Å². The van der Waals surface area contributed by atoms with Crippen molar-refractivity contribution in [2.45, 2.75) is 0 Å². The molecule has 4 N–H and O–H groups in total. The van der Waals surface area contributed by atoms with Crippen molar-refractivity contribution in [1.82, 2.24) is 0 Å². The lowest BCUT2D eigenvalue weighted by atomic mass is 10.1. The summed E-state index contributed by atoms with van der Waals surface area (Å²) in [5, 5.41) is 12.0. The molecule has 18 heavy (non-hydrogen) atoms. The van der Waals surface area contributed by atoms with E-state index in [9.17, 15) is 4.79 Å². The van der Waals surface area contributed by atoms with Crippen molar-refractivity contribution in [1.29, 1.82) is 0 Å². The van der Waals surface area contributed by atoms with E-state index in [4.69, 9.17) is 20.3 Å². The summed E-state index contributed by atoms with van der Waals surface area (Å²) in [4.78, 5) is 11.0. The van der Waals surface area contributed by atoms with Gasteiger partial charge < -0.3 is 25.6 Å². The maximum absolute atomic E-state index is 11.0. The lowest BCUT2D eigenvalue weighted by Crippen LogP contribution is -2.14. The van der Waals surface area contributed by atoms with Gasteiger partial charge in [-0.05, 0) is 18.2 Å². The van der Waals surface area contributed by atoms with Gasteiger partial charge in [-0.25, -0.2) is 4.79 Å². The molecule has 0 aliphatic rings. The van der Waals surface area contributed by atoms with Crippen LogP contribution in [0.5, 0.6) is 0 Å². The molecular weight excluding hydrogens is 236 g/mol. The summed E-state index contributed by atoms with van der Waals surface area (Å²) in [5.41, 5.74) is 6.66. The van der Waals surface area contributed by atoms with E-state index in [0.29, 0.717) is 37.7 Å². The minimum Gasteiger partial charge on any atom is -0.478 e. The molecule has 0 spiro atoms. The maximum atomic E-state index is 11.0. The van der Waals surface area contributed by atoms with E-state index in [1.807, 2.05) is 0 Å². The van der Waals surface area contributed by atoms with Crippen molar-refractivity contribution in [3.8, 4) is 0 Å². The first-order valence-electron chi connectivity index (χ1n) is 5.58. The second-order valence-corrected chi connectivity index (χ2v) is 3.64. The van der Waals surface area contributed by atoms with Crippen LogP contribution >= 0.6 is 0 Å². The highest BCUT2D eigenvalue weighted by atomic mass is 16.5. The summed E-state index contributed by atoms with van der Waals surface area (Å²) < 4.78 is 10.1. The first kappa shape index (κ1) is 14.3. The highest BCUT2D eigenvalue weighted by Crippen LogP contribution is 2.18. The molecule has 0 amide bonds. The zero-order valence-corrected chi connectivity index (χ0v) is 10.3. The number of hydrogen-bond acceptors (Lipinski definition) is 5. The first-order valence-corrected chi connectivity index (χ1v) is 5.58. The predicted octanol–water partition coefficient (Wildman–Crippen LogP) is 1.04. The zero-order valence-electron chi connectivity index (χ0n) is 10.3. The number of aromatic carboxylic acids is 1. The van der Waals surface area contributed by atoms with E-state index in [0.717, 1.165) is 0 Å². The molecule has 0 radical (unpaired) electrons. The number of carbonyl (C=O) groups is 1. The predicted molar refractivity (Wildman–Crippen MR) is 69.0 cm³/mol. The number of hydrogen-bond donors (Lipinski definition) is 3. The molecule has 0 heterocycles. The Hall–Kier alpha value is -1.79. The number of carboxylic acid groups (broad SMARTS) is 1. The van der Waals surface area contributed by atoms with Gasteiger partial charge >= 0.3 is 5.97 Å². The van der Waals surface area contributed by atoms with Crippen molar-refractivity contribution < 1.29 is 19.4 Å². The first-order chi connectivity index (χ1) is 8.65. The molecule has 1 rings (SSSR count). The summed E-state index contributed by atoms with van der Waals surface area (Å²) in [6.07, 6.45) is 0. The van der Waals surface area contributed by atoms with Crippen molar-refractivity contribution in [2.24, 2.45) is 0 Å². The molecule has 0 aromatic heterocycles. The van der Waals surface area contributed by atoms with Crippen LogP contribution in [-0.2, 0) is 9.47 Å². The summed E-state index contributed by atoms with van der Waals surface area (Å²) in [5.74, 6) is -1.01. The Balaban J connectivity index is 2.44. The average molecular weight is 254 g/mol. The molecule has 1 aromatic rings. The molecule has 0 aliphatic carbocycles. The van der Waals surface area contributed by atoms with Crippen LogP contribution in [0.25, 0.3) is 0 Å². The Kier molecular flexibility index (Phi) is 5.96. The highest BCUT2D eigenvalue weighted by molar-refractivity contribution is 5.95. The molecule has 0 bridgehead atoms. The summed E-state index contributed by atoms with van der Waals surface area (Å²) >= 11 is 0. The van der Waals surface area contributed by atoms with Gasteiger partial charge in [-0.1, -0.05) is 0 Å². The normalized spacial score (nSPS) is 10.3. The van der Waals surface area contributed by atoms with E-state index in [1.165, 1.54) is 6.07 Å². The Bertz CT molecular complexity index is 396. The number of ether oxygens (including phenoxy) is 2. The third-order valence-electron chi connectivity index (χ3n) is 2.27. The van der Waals surface area contributed by atoms with Crippen LogP contribution in [0, 0.1) is 0 Å². The van der Waals surface area contributed by atoms with Gasteiger partial charge in [0.1, 0.15) is 0 Å². The Labute approximate surface area is 106 Å². The molecular formula is C12H18N2O4. The second kappa shape index (κ2) is 7.52. The summed E-state index contributed by atoms with van der Waals surface area (Å²) in [7, 11) is 1.61. The van der Waals surface area contributed by atoms with Crippen LogP contribution < -0.4 is 11.1 Å². The Morgan fingerprint density at radius 1 is 1.39 bits per heavy atom. The van der Waals surface area contributed by atoms with Crippen LogP contribution in [0.2, 0.25) is 0 Å². The van der Waals surface area contributed by atoms with Gasteiger partial charge in [0.05, 0.1) is 25.4 Å². The lowest BCUT2D eigenvalue weighted by Gasteiger charge is -2.10. The van der Waals surface area contributed by atoms with Gasteiger partial charge in [0.15, 0.2) is 0 Å². The Morgan fingerprint density at radius 3 is 2.83 bits per heavy atom. The molecule has 0 atom stereocenters. The van der Waals surface area contributed by atoms with Crippen LogP contribution in [-0.4, -0.2) is 44.6 Å². The number of benzene rings is 1. The van der Waals surface area contributed by atoms with Crippen LogP contribution in [0.3, 0.4) is 0 Å². The number of nitrogen functional groups attached to an aromatic ring is 1. The summed E-state index contributed by atoms with van der Waals surface area (Å²) in [6.45, 7) is 2.06. The fraction of sp³-hybridized carbons (Fsp3) is 0.417. The van der Waals surface area contributed by atoms with Gasteiger partial charge in [-0.2, -0.15) is 0 Å². The third kappa shape index (κ3) is 4.60. The number of nitrogens with one attached hydrogen (secondary N) is 1. The molecule has 0 saturated heterocycles. The highest BCUT2D eigenvalue weighted by Gasteiger charge is 2.09. The molecule has 0 unspecified atom stereocenters. The van der Waals surface area contributed by atoms with E-state index in [-0.39, 0.29) is 5.56 Å². The van der Waals surface area contributed by atoms with Crippen LogP contribution in [0.1, 0.15) is 10.4 Å². The van der Waals surface area contributed by atoms with Crippen molar-refractivity contribution >= 4 is 17.3 Å². The zero-order chi connectivity index (χ0) is 13.4. The minimum absolute atomic E-state index is 0.159. The van der Waals surface area contributed by atoms with Gasteiger partial charge in [0.2, 0.25) is 0 Å². The molecule has 6 nitrogen and oxygen atoms in total. The Morgan fingerprint density at radius 2 is 2.17 bits per heavy atom. The lowest BCUT2D eigenvalue weighted by molar-refractivity contribution is 0.0697. The van der Waals surface area contributed by atoms with E-state index in [1.54, 1.807) is 19.2 Å². The minimum atomic E-state index is -1.01. The number of carboxylic acids is 1. The molecule has 100 valence electrons. The van der Waals surface area contributed by atoms with Gasteiger partial charge in [0.25, 0.3) is 0 Å². The largest absolute Gasteiger partial charge is 0.478 e. The smallest absolute Gasteiger partial charge is 0.337 e. The number of methoxy groups -OCH3 is 1. The van der Waals surface area contributed by atoms with Crippen molar-refractivity contribution in [3.63, 3.8) is 0 Å². The SMILES string of the molecule is COCCOCCNc1ccc(N)cc1C(=O)O. The molecule has 0 aliphatic heterocycles. The second-order valence-electron chi connectivity index (χ2n) is 3.64. The number of anilines is 2. The molecule has 0 fully saturated rings. The number of rotatable bonds is 8. The van der Waals surface area contributed by atoms with Crippen LogP contribution in [0.15, 0.2) is 18.2 Å². The number of nitrogens with two attached hydrogens (primary N) is 1. The van der Waals surface area contributed by atoms with Crippen LogP contribution in [0.4, 0.5) is 11.4 Å². The quantitative estimate of drug-likeness (QED) is 0.474. The standard InChI is InChI=1S/C12H18N2O4/c1-17-6-7-18-5-4-14-11-3-2-9(13)8-10(11)12(15)16/h2-3,8,14H,4-7,13H2,1H3,(H,15,16). The molecule has 6 heteroatoms. The van der Waals surface area contributed by atoms with Gasteiger partial charge in [0, 0.05) is 25.0 Å². The maximum Gasteiger partial charge on any atom is 0.337 e. The monoisotopic (exact) mass is 254 g/mol. The molecule has 0 saturated carbocycles. The van der Waals surface area contributed by atoms with E-state index < -0.39 is 5.97 Å². The van der Waals surface area contributed by atoms with E-state index >= 15 is 0 Å². The summed E-state index contributed by atoms with van der Waals surface area (Å²) in [6, 6.07) is 4.73. The average Bonchev–Trinajstić information content (AvgIpc) is 2.35. The van der Waals surface area contributed by atoms with Gasteiger partial charge in [-0.15, -0.1) is 0 Å². The van der Waals surface area contributed by atoms with Crippen molar-refractivity contribution in [3.05, 3.63) is 23.8 Å². The fourth-order valence-corrected chi connectivity index (χ4v) is 1.40. The van der Waals surface area contributed by atoms with Gasteiger partial charge in [-0.3, -0.25) is 0 Å². The molecule has 1 aromatic carbocycles. The fourth-order valence-electron chi connectivity index (χ4n) is 1.40.